The van der Waals surface area contributed by atoms with E-state index in [2.05, 4.69) is 16.4 Å². The number of halogens is 2. The van der Waals surface area contributed by atoms with Gasteiger partial charge in [0, 0.05) is 5.56 Å². The maximum atomic E-state index is 12.5. The first-order chi connectivity index (χ1) is 16.0. The summed E-state index contributed by atoms with van der Waals surface area (Å²) in [4.78, 5) is 12.5. The Morgan fingerprint density at radius 3 is 2.45 bits per heavy atom. The van der Waals surface area contributed by atoms with Crippen LogP contribution in [-0.2, 0) is 6.61 Å². The van der Waals surface area contributed by atoms with Gasteiger partial charge in [0.1, 0.15) is 13.2 Å². The molecule has 1 N–H and O–H groups in total. The first-order valence-corrected chi connectivity index (χ1v) is 10.5. The Bertz CT molecular complexity index is 1170. The van der Waals surface area contributed by atoms with E-state index in [0.29, 0.717) is 35.0 Å². The van der Waals surface area contributed by atoms with E-state index < -0.39 is 5.91 Å². The number of benzene rings is 3. The number of hydrogen-bond acceptors (Lipinski definition) is 5. The van der Waals surface area contributed by atoms with Crippen LogP contribution in [0.15, 0.2) is 65.8 Å². The number of hydrogen-bond donors (Lipinski definition) is 1. The second-order valence-electron chi connectivity index (χ2n) is 6.65. The molecular formula is C25H20Cl2N2O4. The number of terminal acetylenes is 1. The predicted octanol–water partition coefficient (Wildman–Crippen LogP) is 5.36. The molecule has 0 aliphatic heterocycles. The molecule has 0 spiro atoms. The van der Waals surface area contributed by atoms with Gasteiger partial charge in [-0.25, -0.2) is 5.43 Å². The zero-order valence-electron chi connectivity index (χ0n) is 17.7. The maximum absolute atomic E-state index is 12.5. The lowest BCUT2D eigenvalue weighted by molar-refractivity contribution is 0.0954. The van der Waals surface area contributed by atoms with Crippen LogP contribution in [0.4, 0.5) is 0 Å². The topological polar surface area (TPSA) is 69.2 Å². The smallest absolute Gasteiger partial charge is 0.271 e. The highest BCUT2D eigenvalue weighted by atomic mass is 35.5. The van der Waals surface area contributed by atoms with E-state index in [1.165, 1.54) is 13.3 Å². The third-order valence-corrected chi connectivity index (χ3v) is 4.92. The van der Waals surface area contributed by atoms with Crippen molar-refractivity contribution in [2.75, 3.05) is 13.7 Å². The Kier molecular flexibility index (Phi) is 8.59. The van der Waals surface area contributed by atoms with Crippen LogP contribution in [0.2, 0.25) is 10.0 Å². The third kappa shape index (κ3) is 6.66. The molecule has 0 saturated carbocycles. The Hall–Kier alpha value is -3.66. The van der Waals surface area contributed by atoms with Gasteiger partial charge in [0.05, 0.1) is 23.4 Å². The van der Waals surface area contributed by atoms with Crippen LogP contribution in [0.3, 0.4) is 0 Å². The number of carbonyl (C=O) groups excluding carboxylic acids is 1. The molecule has 0 aliphatic rings. The Labute approximate surface area is 202 Å². The van der Waals surface area contributed by atoms with Gasteiger partial charge in [0.15, 0.2) is 17.2 Å². The Morgan fingerprint density at radius 2 is 1.79 bits per heavy atom. The minimum absolute atomic E-state index is 0.0441. The SMILES string of the molecule is C#CCOc1c(Cl)cc(/C=N/NC(=O)c2ccc(OCc3ccccc3)c(OC)c2)cc1Cl. The first kappa shape index (κ1) is 24.0. The number of carbonyl (C=O) groups is 1. The zero-order chi connectivity index (χ0) is 23.6. The molecule has 3 aromatic carbocycles. The molecule has 0 saturated heterocycles. The van der Waals surface area contributed by atoms with Gasteiger partial charge >= 0.3 is 0 Å². The van der Waals surface area contributed by atoms with Crippen LogP contribution in [0.25, 0.3) is 0 Å². The first-order valence-electron chi connectivity index (χ1n) is 9.75. The second-order valence-corrected chi connectivity index (χ2v) is 7.46. The standard InChI is InChI=1S/C25H20Cl2N2O4/c1-3-11-32-24-20(26)12-18(13-21(24)27)15-28-29-25(30)19-9-10-22(23(14-19)31-2)33-16-17-7-5-4-6-8-17/h1,4-10,12-15H,11,16H2,2H3,(H,29,30)/b28-15+. The van der Waals surface area contributed by atoms with Gasteiger partial charge in [-0.1, -0.05) is 59.5 Å². The molecule has 0 bridgehead atoms. The van der Waals surface area contributed by atoms with Gasteiger partial charge in [-0.05, 0) is 41.5 Å². The van der Waals surface area contributed by atoms with Crippen molar-refractivity contribution in [2.45, 2.75) is 6.61 Å². The van der Waals surface area contributed by atoms with Crippen LogP contribution >= 0.6 is 23.2 Å². The van der Waals surface area contributed by atoms with Crippen LogP contribution < -0.4 is 19.6 Å². The van der Waals surface area contributed by atoms with Crippen molar-refractivity contribution in [3.05, 3.63) is 87.4 Å². The largest absolute Gasteiger partial charge is 0.493 e. The summed E-state index contributed by atoms with van der Waals surface area (Å²) in [6, 6.07) is 17.8. The number of ether oxygens (including phenoxy) is 3. The molecule has 0 aromatic heterocycles. The Balaban J connectivity index is 1.64. The van der Waals surface area contributed by atoms with Crippen molar-refractivity contribution in [1.29, 1.82) is 0 Å². The monoisotopic (exact) mass is 482 g/mol. The summed E-state index contributed by atoms with van der Waals surface area (Å²) in [7, 11) is 1.51. The molecule has 1 amide bonds. The number of nitrogens with zero attached hydrogens (tertiary/aromatic N) is 1. The van der Waals surface area contributed by atoms with Crippen LogP contribution in [0.1, 0.15) is 21.5 Å². The van der Waals surface area contributed by atoms with Crippen molar-refractivity contribution >= 4 is 35.3 Å². The quantitative estimate of drug-likeness (QED) is 0.253. The average molecular weight is 483 g/mol. The molecule has 0 radical (unpaired) electrons. The van der Waals surface area contributed by atoms with Crippen LogP contribution in [0.5, 0.6) is 17.2 Å². The lowest BCUT2D eigenvalue weighted by atomic mass is 10.2. The Morgan fingerprint density at radius 1 is 1.06 bits per heavy atom. The van der Waals surface area contributed by atoms with Crippen molar-refractivity contribution in [1.82, 2.24) is 5.43 Å². The number of methoxy groups -OCH3 is 1. The summed E-state index contributed by atoms with van der Waals surface area (Å²) in [5.41, 5.74) is 4.40. The molecule has 0 heterocycles. The summed E-state index contributed by atoms with van der Waals surface area (Å²) in [6.45, 7) is 0.424. The summed E-state index contributed by atoms with van der Waals surface area (Å²) in [6.07, 6.45) is 6.59. The highest BCUT2D eigenvalue weighted by molar-refractivity contribution is 6.37. The van der Waals surface area contributed by atoms with E-state index in [4.69, 9.17) is 43.8 Å². The second kappa shape index (κ2) is 11.8. The molecule has 8 heteroatoms. The van der Waals surface area contributed by atoms with Crippen molar-refractivity contribution in [2.24, 2.45) is 5.10 Å². The lowest BCUT2D eigenvalue weighted by Crippen LogP contribution is -2.17. The minimum atomic E-state index is -0.426. The lowest BCUT2D eigenvalue weighted by Gasteiger charge is -2.12. The number of nitrogens with one attached hydrogen (secondary N) is 1. The van der Waals surface area contributed by atoms with Gasteiger partial charge in [-0.15, -0.1) is 6.42 Å². The van der Waals surface area contributed by atoms with E-state index in [0.717, 1.165) is 5.56 Å². The molecule has 168 valence electrons. The molecule has 3 rings (SSSR count). The highest BCUT2D eigenvalue weighted by Gasteiger charge is 2.12. The molecule has 3 aromatic rings. The highest BCUT2D eigenvalue weighted by Crippen LogP contribution is 2.34. The molecule has 0 atom stereocenters. The predicted molar refractivity (Wildman–Crippen MR) is 130 cm³/mol. The van der Waals surface area contributed by atoms with E-state index in [1.807, 2.05) is 30.3 Å². The normalized spacial score (nSPS) is 10.5. The number of rotatable bonds is 9. The van der Waals surface area contributed by atoms with E-state index in [9.17, 15) is 4.79 Å². The van der Waals surface area contributed by atoms with E-state index in [-0.39, 0.29) is 16.7 Å². The fourth-order valence-electron chi connectivity index (χ4n) is 2.80. The zero-order valence-corrected chi connectivity index (χ0v) is 19.2. The average Bonchev–Trinajstić information content (AvgIpc) is 2.82. The summed E-state index contributed by atoms with van der Waals surface area (Å²) in [5.74, 6) is 3.17. The summed E-state index contributed by atoms with van der Waals surface area (Å²) in [5, 5.41) is 4.52. The molecular weight excluding hydrogens is 463 g/mol. The maximum Gasteiger partial charge on any atom is 0.271 e. The molecule has 0 fully saturated rings. The molecule has 33 heavy (non-hydrogen) atoms. The number of amides is 1. The fraction of sp³-hybridized carbons (Fsp3) is 0.120. The van der Waals surface area contributed by atoms with Crippen LogP contribution in [0, 0.1) is 12.3 Å². The fourth-order valence-corrected chi connectivity index (χ4v) is 3.41. The van der Waals surface area contributed by atoms with E-state index >= 15 is 0 Å². The number of hydrazone groups is 1. The van der Waals surface area contributed by atoms with Gasteiger partial charge in [0.25, 0.3) is 5.91 Å². The molecule has 0 aliphatic carbocycles. The summed E-state index contributed by atoms with van der Waals surface area (Å²) >= 11 is 12.3. The minimum Gasteiger partial charge on any atom is -0.493 e. The summed E-state index contributed by atoms with van der Waals surface area (Å²) < 4.78 is 16.5. The van der Waals surface area contributed by atoms with Crippen molar-refractivity contribution in [3.8, 4) is 29.6 Å². The molecule has 6 nitrogen and oxygen atoms in total. The third-order valence-electron chi connectivity index (χ3n) is 4.36. The van der Waals surface area contributed by atoms with Gasteiger partial charge < -0.3 is 14.2 Å². The van der Waals surface area contributed by atoms with Crippen molar-refractivity contribution < 1.29 is 19.0 Å². The van der Waals surface area contributed by atoms with Crippen molar-refractivity contribution in [3.63, 3.8) is 0 Å². The van der Waals surface area contributed by atoms with E-state index in [1.54, 1.807) is 30.3 Å². The van der Waals surface area contributed by atoms with Gasteiger partial charge in [0.2, 0.25) is 0 Å². The van der Waals surface area contributed by atoms with Gasteiger partial charge in [-0.2, -0.15) is 5.10 Å². The van der Waals surface area contributed by atoms with Crippen LogP contribution in [-0.4, -0.2) is 25.8 Å². The van der Waals surface area contributed by atoms with Gasteiger partial charge in [-0.3, -0.25) is 4.79 Å². The molecule has 0 unspecified atom stereocenters.